The summed E-state index contributed by atoms with van der Waals surface area (Å²) in [5.41, 5.74) is 2.25. The topological polar surface area (TPSA) is 20.3 Å². The molecule has 1 heterocycles. The highest BCUT2D eigenvalue weighted by molar-refractivity contribution is 7.12. The second-order valence-electron chi connectivity index (χ2n) is 4.16. The molecule has 2 aromatic rings. The van der Waals surface area contributed by atoms with Crippen LogP contribution in [0.1, 0.15) is 28.2 Å². The molecule has 18 heavy (non-hydrogen) atoms. The number of hydrogen-bond donors (Lipinski definition) is 0. The average molecular weight is 280 g/mol. The van der Waals surface area contributed by atoms with Gasteiger partial charge in [0.1, 0.15) is 0 Å². The Morgan fingerprint density at radius 2 is 2.00 bits per heavy atom. The van der Waals surface area contributed by atoms with Crippen LogP contribution in [0, 0.1) is 0 Å². The molecule has 1 unspecified atom stereocenters. The third kappa shape index (κ3) is 2.74. The summed E-state index contributed by atoms with van der Waals surface area (Å²) in [7, 11) is 2.02. The van der Waals surface area contributed by atoms with Crippen molar-refractivity contribution in [2.24, 2.45) is 0 Å². The maximum atomic E-state index is 10.7. The van der Waals surface area contributed by atoms with Gasteiger partial charge in [0.15, 0.2) is 6.29 Å². The molecule has 4 heteroatoms. The molecule has 0 aliphatic carbocycles. The molecular weight excluding hydrogens is 266 g/mol. The number of aldehydes is 1. The zero-order valence-corrected chi connectivity index (χ0v) is 11.8. The minimum atomic E-state index is 0.233. The fraction of sp³-hybridized carbons (Fsp3) is 0.214. The SMILES string of the molecule is CC(c1ccc(Cl)cc1)N(C)c1csc(C=O)c1. The first-order valence-corrected chi connectivity index (χ1v) is 6.89. The second-order valence-corrected chi connectivity index (χ2v) is 5.54. The first-order chi connectivity index (χ1) is 8.61. The third-order valence-electron chi connectivity index (χ3n) is 3.06. The number of carbonyl (C=O) groups is 1. The summed E-state index contributed by atoms with van der Waals surface area (Å²) < 4.78 is 0. The van der Waals surface area contributed by atoms with Gasteiger partial charge in [-0.05, 0) is 30.7 Å². The van der Waals surface area contributed by atoms with Crippen LogP contribution in [-0.4, -0.2) is 13.3 Å². The van der Waals surface area contributed by atoms with Crippen LogP contribution in [0.5, 0.6) is 0 Å². The predicted octanol–water partition coefficient (Wildman–Crippen LogP) is 4.41. The molecule has 1 aromatic carbocycles. The van der Waals surface area contributed by atoms with E-state index in [1.807, 2.05) is 42.8 Å². The largest absolute Gasteiger partial charge is 0.367 e. The van der Waals surface area contributed by atoms with E-state index in [0.717, 1.165) is 21.9 Å². The lowest BCUT2D eigenvalue weighted by Crippen LogP contribution is -2.20. The van der Waals surface area contributed by atoms with E-state index in [-0.39, 0.29) is 6.04 Å². The Balaban J connectivity index is 2.19. The number of hydrogen-bond acceptors (Lipinski definition) is 3. The number of carbonyl (C=O) groups excluding carboxylic acids is 1. The van der Waals surface area contributed by atoms with Gasteiger partial charge in [0.25, 0.3) is 0 Å². The van der Waals surface area contributed by atoms with Gasteiger partial charge in [0, 0.05) is 23.1 Å². The summed E-state index contributed by atoms with van der Waals surface area (Å²) in [6.07, 6.45) is 0.884. The van der Waals surface area contributed by atoms with Crippen molar-refractivity contribution in [2.75, 3.05) is 11.9 Å². The van der Waals surface area contributed by atoms with Crippen molar-refractivity contribution in [3.05, 3.63) is 51.2 Å². The quantitative estimate of drug-likeness (QED) is 0.773. The van der Waals surface area contributed by atoms with Crippen LogP contribution in [0.4, 0.5) is 5.69 Å². The Hall–Kier alpha value is -1.32. The zero-order chi connectivity index (χ0) is 13.1. The minimum Gasteiger partial charge on any atom is -0.367 e. The van der Waals surface area contributed by atoms with Gasteiger partial charge in [-0.3, -0.25) is 4.79 Å². The van der Waals surface area contributed by atoms with Gasteiger partial charge < -0.3 is 4.90 Å². The van der Waals surface area contributed by atoms with E-state index in [1.165, 1.54) is 16.9 Å². The fourth-order valence-electron chi connectivity index (χ4n) is 1.78. The number of thiophene rings is 1. The number of anilines is 1. The molecule has 0 saturated heterocycles. The highest BCUT2D eigenvalue weighted by Gasteiger charge is 2.13. The van der Waals surface area contributed by atoms with Crippen LogP contribution in [0.3, 0.4) is 0 Å². The highest BCUT2D eigenvalue weighted by atomic mass is 35.5. The van der Waals surface area contributed by atoms with Crippen LogP contribution in [0.2, 0.25) is 5.02 Å². The van der Waals surface area contributed by atoms with Crippen molar-refractivity contribution in [1.82, 2.24) is 0 Å². The Bertz CT molecular complexity index is 535. The number of halogens is 1. The molecule has 0 N–H and O–H groups in total. The maximum absolute atomic E-state index is 10.7. The van der Waals surface area contributed by atoms with Gasteiger partial charge in [0.2, 0.25) is 0 Å². The molecule has 2 nitrogen and oxygen atoms in total. The summed E-state index contributed by atoms with van der Waals surface area (Å²) in [5, 5.41) is 2.74. The molecule has 0 aliphatic heterocycles. The molecule has 0 amide bonds. The lowest BCUT2D eigenvalue weighted by Gasteiger charge is -2.26. The minimum absolute atomic E-state index is 0.233. The molecule has 0 aliphatic rings. The summed E-state index contributed by atoms with van der Waals surface area (Å²) >= 11 is 7.35. The van der Waals surface area contributed by atoms with Gasteiger partial charge >= 0.3 is 0 Å². The van der Waals surface area contributed by atoms with E-state index in [2.05, 4.69) is 11.8 Å². The van der Waals surface area contributed by atoms with Crippen molar-refractivity contribution in [2.45, 2.75) is 13.0 Å². The molecular formula is C14H14ClNOS. The average Bonchev–Trinajstić information content (AvgIpc) is 2.86. The van der Waals surface area contributed by atoms with E-state index in [1.54, 1.807) is 0 Å². The molecule has 94 valence electrons. The van der Waals surface area contributed by atoms with Gasteiger partial charge in [0.05, 0.1) is 10.9 Å². The van der Waals surface area contributed by atoms with E-state index in [4.69, 9.17) is 11.6 Å². The normalized spacial score (nSPS) is 12.2. The van der Waals surface area contributed by atoms with Crippen molar-refractivity contribution < 1.29 is 4.79 Å². The fourth-order valence-corrected chi connectivity index (χ4v) is 2.64. The smallest absolute Gasteiger partial charge is 0.160 e. The van der Waals surface area contributed by atoms with Gasteiger partial charge in [-0.15, -0.1) is 11.3 Å². The Kier molecular flexibility index (Phi) is 4.04. The predicted molar refractivity (Wildman–Crippen MR) is 78.0 cm³/mol. The molecule has 0 radical (unpaired) electrons. The molecule has 0 fully saturated rings. The molecule has 2 rings (SSSR count). The first kappa shape index (κ1) is 13.1. The van der Waals surface area contributed by atoms with Gasteiger partial charge in [-0.2, -0.15) is 0 Å². The van der Waals surface area contributed by atoms with Crippen LogP contribution in [0.15, 0.2) is 35.7 Å². The summed E-state index contributed by atoms with van der Waals surface area (Å²) in [6.45, 7) is 2.13. The molecule has 0 spiro atoms. The van der Waals surface area contributed by atoms with E-state index < -0.39 is 0 Å². The number of nitrogens with zero attached hydrogens (tertiary/aromatic N) is 1. The monoisotopic (exact) mass is 279 g/mol. The van der Waals surface area contributed by atoms with Crippen molar-refractivity contribution in [3.8, 4) is 0 Å². The van der Waals surface area contributed by atoms with Gasteiger partial charge in [-0.1, -0.05) is 23.7 Å². The molecule has 1 aromatic heterocycles. The van der Waals surface area contributed by atoms with E-state index >= 15 is 0 Å². The lowest BCUT2D eigenvalue weighted by atomic mass is 10.1. The lowest BCUT2D eigenvalue weighted by molar-refractivity contribution is 0.112. The Morgan fingerprint density at radius 3 is 2.56 bits per heavy atom. The first-order valence-electron chi connectivity index (χ1n) is 5.64. The number of rotatable bonds is 4. The van der Waals surface area contributed by atoms with Crippen LogP contribution >= 0.6 is 22.9 Å². The molecule has 0 saturated carbocycles. The summed E-state index contributed by atoms with van der Waals surface area (Å²) in [5.74, 6) is 0. The summed E-state index contributed by atoms with van der Waals surface area (Å²) in [4.78, 5) is 13.6. The zero-order valence-electron chi connectivity index (χ0n) is 10.3. The molecule has 0 bridgehead atoms. The van der Waals surface area contributed by atoms with Crippen LogP contribution in [0.25, 0.3) is 0 Å². The molecule has 1 atom stereocenters. The maximum Gasteiger partial charge on any atom is 0.160 e. The number of benzene rings is 1. The third-order valence-corrected chi connectivity index (χ3v) is 4.16. The van der Waals surface area contributed by atoms with Crippen molar-refractivity contribution in [1.29, 1.82) is 0 Å². The summed E-state index contributed by atoms with van der Waals surface area (Å²) in [6, 6.07) is 9.98. The Labute approximate surface area is 116 Å². The highest BCUT2D eigenvalue weighted by Crippen LogP contribution is 2.29. The van der Waals surface area contributed by atoms with Gasteiger partial charge in [-0.25, -0.2) is 0 Å². The van der Waals surface area contributed by atoms with Crippen LogP contribution < -0.4 is 4.90 Å². The van der Waals surface area contributed by atoms with Crippen LogP contribution in [-0.2, 0) is 0 Å². The van der Waals surface area contributed by atoms with E-state index in [0.29, 0.717) is 0 Å². The second kappa shape index (κ2) is 5.55. The van der Waals surface area contributed by atoms with E-state index in [9.17, 15) is 4.79 Å². The van der Waals surface area contributed by atoms with Crippen molar-refractivity contribution in [3.63, 3.8) is 0 Å². The van der Waals surface area contributed by atoms with Crippen molar-refractivity contribution >= 4 is 34.9 Å². The Morgan fingerprint density at radius 1 is 1.33 bits per heavy atom. The standard InChI is InChI=1S/C14H14ClNOS/c1-10(11-3-5-12(15)6-4-11)16(2)13-7-14(8-17)18-9-13/h3-10H,1-2H3.